The molecule has 0 aliphatic rings. The van der Waals surface area contributed by atoms with E-state index in [9.17, 15) is 14.0 Å². The highest BCUT2D eigenvalue weighted by Gasteiger charge is 2.17. The van der Waals surface area contributed by atoms with Crippen molar-refractivity contribution in [3.05, 3.63) is 77.1 Å². The SMILES string of the molecule is O=C(Cn1cnc2onc(-c3ccccc3)c2c1=O)Nc1ccc(F)cc1. The Morgan fingerprint density at radius 3 is 2.59 bits per heavy atom. The van der Waals surface area contributed by atoms with Gasteiger partial charge in [0.25, 0.3) is 11.3 Å². The molecule has 2 aromatic carbocycles. The number of carbonyl (C=O) groups is 1. The number of anilines is 1. The molecule has 0 aliphatic carbocycles. The second-order valence-electron chi connectivity index (χ2n) is 5.81. The number of halogens is 1. The molecular weight excluding hydrogens is 351 g/mol. The zero-order chi connectivity index (χ0) is 18.8. The van der Waals surface area contributed by atoms with Gasteiger partial charge < -0.3 is 9.84 Å². The van der Waals surface area contributed by atoms with E-state index in [1.807, 2.05) is 18.2 Å². The number of aromatic nitrogens is 3. The molecule has 8 heteroatoms. The van der Waals surface area contributed by atoms with Gasteiger partial charge in [0.1, 0.15) is 29.8 Å². The maximum atomic E-state index is 12.9. The van der Waals surface area contributed by atoms with Crippen LogP contribution in [-0.2, 0) is 11.3 Å². The number of hydrogen-bond donors (Lipinski definition) is 1. The van der Waals surface area contributed by atoms with E-state index in [-0.39, 0.29) is 17.6 Å². The van der Waals surface area contributed by atoms with Crippen LogP contribution < -0.4 is 10.9 Å². The Morgan fingerprint density at radius 1 is 1.11 bits per heavy atom. The van der Waals surface area contributed by atoms with Gasteiger partial charge in [0.2, 0.25) is 5.91 Å². The number of nitrogens with one attached hydrogen (secondary N) is 1. The zero-order valence-corrected chi connectivity index (χ0v) is 13.9. The van der Waals surface area contributed by atoms with Crippen LogP contribution in [0.5, 0.6) is 0 Å². The van der Waals surface area contributed by atoms with Crippen LogP contribution in [-0.4, -0.2) is 20.6 Å². The first kappa shape index (κ1) is 16.6. The predicted octanol–water partition coefficient (Wildman–Crippen LogP) is 2.83. The van der Waals surface area contributed by atoms with Gasteiger partial charge in [0.15, 0.2) is 0 Å². The summed E-state index contributed by atoms with van der Waals surface area (Å²) in [6.45, 7) is -0.251. The lowest BCUT2D eigenvalue weighted by atomic mass is 10.1. The van der Waals surface area contributed by atoms with Gasteiger partial charge in [-0.2, -0.15) is 0 Å². The van der Waals surface area contributed by atoms with Crippen LogP contribution in [0.3, 0.4) is 0 Å². The minimum absolute atomic E-state index is 0.106. The second-order valence-corrected chi connectivity index (χ2v) is 5.81. The summed E-state index contributed by atoms with van der Waals surface area (Å²) >= 11 is 0. The summed E-state index contributed by atoms with van der Waals surface area (Å²) in [5, 5.41) is 6.74. The molecule has 1 amide bonds. The van der Waals surface area contributed by atoms with E-state index in [0.717, 1.165) is 0 Å². The summed E-state index contributed by atoms with van der Waals surface area (Å²) in [5.74, 6) is -0.845. The number of carbonyl (C=O) groups excluding carboxylic acids is 1. The Balaban J connectivity index is 1.64. The van der Waals surface area contributed by atoms with Gasteiger partial charge in [-0.1, -0.05) is 35.5 Å². The summed E-state index contributed by atoms with van der Waals surface area (Å²) < 4.78 is 19.3. The first-order valence-corrected chi connectivity index (χ1v) is 8.07. The van der Waals surface area contributed by atoms with Crippen molar-refractivity contribution in [2.75, 3.05) is 5.32 Å². The molecule has 0 saturated carbocycles. The third-order valence-corrected chi connectivity index (χ3v) is 3.95. The average molecular weight is 364 g/mol. The van der Waals surface area contributed by atoms with Crippen LogP contribution >= 0.6 is 0 Å². The smallest absolute Gasteiger partial charge is 0.267 e. The van der Waals surface area contributed by atoms with E-state index in [0.29, 0.717) is 16.9 Å². The van der Waals surface area contributed by atoms with Crippen LogP contribution in [0.2, 0.25) is 0 Å². The number of fused-ring (bicyclic) bond motifs is 1. The third-order valence-electron chi connectivity index (χ3n) is 3.95. The van der Waals surface area contributed by atoms with Crippen LogP contribution in [0.25, 0.3) is 22.4 Å². The maximum absolute atomic E-state index is 12.9. The Bertz CT molecular complexity index is 1170. The van der Waals surface area contributed by atoms with Crippen molar-refractivity contribution in [1.82, 2.24) is 14.7 Å². The molecule has 0 radical (unpaired) electrons. The molecule has 0 fully saturated rings. The van der Waals surface area contributed by atoms with Gasteiger partial charge in [-0.3, -0.25) is 14.2 Å². The highest BCUT2D eigenvalue weighted by molar-refractivity contribution is 5.91. The van der Waals surface area contributed by atoms with Crippen molar-refractivity contribution in [3.63, 3.8) is 0 Å². The number of amides is 1. The largest absolute Gasteiger partial charge is 0.335 e. The monoisotopic (exact) mass is 364 g/mol. The highest BCUT2D eigenvalue weighted by atomic mass is 19.1. The van der Waals surface area contributed by atoms with Crippen LogP contribution in [0, 0.1) is 5.82 Å². The number of nitrogens with zero attached hydrogens (tertiary/aromatic N) is 3. The minimum Gasteiger partial charge on any atom is -0.335 e. The van der Waals surface area contributed by atoms with Gasteiger partial charge in [-0.25, -0.2) is 9.37 Å². The summed E-state index contributed by atoms with van der Waals surface area (Å²) in [7, 11) is 0. The van der Waals surface area contributed by atoms with Crippen molar-refractivity contribution >= 4 is 22.7 Å². The van der Waals surface area contributed by atoms with Gasteiger partial charge in [-0.15, -0.1) is 0 Å². The number of rotatable bonds is 4. The first-order valence-electron chi connectivity index (χ1n) is 8.07. The standard InChI is InChI=1S/C19H13FN4O3/c20-13-6-8-14(9-7-13)22-15(25)10-24-11-21-18-16(19(24)26)17(23-27-18)12-4-2-1-3-5-12/h1-9,11H,10H2,(H,22,25). The molecule has 2 aromatic heterocycles. The molecule has 2 heterocycles. The fourth-order valence-corrected chi connectivity index (χ4v) is 2.67. The van der Waals surface area contributed by atoms with Crippen molar-refractivity contribution in [2.45, 2.75) is 6.54 Å². The van der Waals surface area contributed by atoms with Crippen molar-refractivity contribution in [1.29, 1.82) is 0 Å². The van der Waals surface area contributed by atoms with E-state index in [1.165, 1.54) is 35.2 Å². The highest BCUT2D eigenvalue weighted by Crippen LogP contribution is 2.23. The molecule has 134 valence electrons. The minimum atomic E-state index is -0.442. The summed E-state index contributed by atoms with van der Waals surface area (Å²) in [6.07, 6.45) is 1.23. The molecule has 7 nitrogen and oxygen atoms in total. The Kier molecular flexibility index (Phi) is 4.21. The molecule has 0 unspecified atom stereocenters. The molecule has 0 bridgehead atoms. The lowest BCUT2D eigenvalue weighted by Gasteiger charge is -2.07. The van der Waals surface area contributed by atoms with Gasteiger partial charge in [0.05, 0.1) is 0 Å². The van der Waals surface area contributed by atoms with E-state index >= 15 is 0 Å². The van der Waals surface area contributed by atoms with E-state index in [1.54, 1.807) is 12.1 Å². The zero-order valence-electron chi connectivity index (χ0n) is 13.9. The molecule has 0 spiro atoms. The lowest BCUT2D eigenvalue weighted by Crippen LogP contribution is -2.27. The summed E-state index contributed by atoms with van der Waals surface area (Å²) in [5.41, 5.74) is 1.18. The molecule has 4 aromatic rings. The summed E-state index contributed by atoms with van der Waals surface area (Å²) in [6, 6.07) is 14.4. The van der Waals surface area contributed by atoms with Crippen molar-refractivity contribution in [3.8, 4) is 11.3 Å². The molecule has 27 heavy (non-hydrogen) atoms. The first-order chi connectivity index (χ1) is 13.1. The topological polar surface area (TPSA) is 90.0 Å². The maximum Gasteiger partial charge on any atom is 0.267 e. The fraction of sp³-hybridized carbons (Fsp3) is 0.0526. The van der Waals surface area contributed by atoms with E-state index in [2.05, 4.69) is 15.5 Å². The normalized spacial score (nSPS) is 10.9. The van der Waals surface area contributed by atoms with Crippen molar-refractivity contribution < 1.29 is 13.7 Å². The fourth-order valence-electron chi connectivity index (χ4n) is 2.67. The van der Waals surface area contributed by atoms with Crippen molar-refractivity contribution in [2.24, 2.45) is 0 Å². The van der Waals surface area contributed by atoms with Gasteiger partial charge in [-0.05, 0) is 24.3 Å². The number of benzene rings is 2. The van der Waals surface area contributed by atoms with Crippen LogP contribution in [0.1, 0.15) is 0 Å². The van der Waals surface area contributed by atoms with Gasteiger partial charge in [0, 0.05) is 11.3 Å². The van der Waals surface area contributed by atoms with Gasteiger partial charge >= 0.3 is 0 Å². The van der Waals surface area contributed by atoms with Crippen LogP contribution in [0.15, 0.2) is 70.2 Å². The Labute approximate surface area is 152 Å². The van der Waals surface area contributed by atoms with E-state index in [4.69, 9.17) is 4.52 Å². The predicted molar refractivity (Wildman–Crippen MR) is 96.5 cm³/mol. The average Bonchev–Trinajstić information content (AvgIpc) is 3.11. The second kappa shape index (κ2) is 6.83. The number of hydrogen-bond acceptors (Lipinski definition) is 5. The molecular formula is C19H13FN4O3. The Hall–Kier alpha value is -3.81. The molecule has 0 atom stereocenters. The lowest BCUT2D eigenvalue weighted by molar-refractivity contribution is -0.116. The van der Waals surface area contributed by atoms with Crippen LogP contribution in [0.4, 0.5) is 10.1 Å². The molecule has 1 N–H and O–H groups in total. The molecule has 4 rings (SSSR count). The molecule has 0 saturated heterocycles. The molecule has 0 aliphatic heterocycles. The quantitative estimate of drug-likeness (QED) is 0.601. The summed E-state index contributed by atoms with van der Waals surface area (Å²) in [4.78, 5) is 29.1. The third kappa shape index (κ3) is 3.32. The van der Waals surface area contributed by atoms with E-state index < -0.39 is 17.3 Å². The Morgan fingerprint density at radius 2 is 1.85 bits per heavy atom.